The number of aryl methyl sites for hydroxylation is 1. The molecule has 0 saturated carbocycles. The first-order valence-electron chi connectivity index (χ1n) is 9.19. The minimum absolute atomic E-state index is 0.0909. The van der Waals surface area contributed by atoms with E-state index in [0.29, 0.717) is 29.4 Å². The fourth-order valence-electron chi connectivity index (χ4n) is 3.15. The van der Waals surface area contributed by atoms with Gasteiger partial charge in [-0.3, -0.25) is 4.79 Å². The van der Waals surface area contributed by atoms with Crippen molar-refractivity contribution in [2.24, 2.45) is 0 Å². The fourth-order valence-corrected chi connectivity index (χ4v) is 3.15. The first kappa shape index (κ1) is 17.8. The molecule has 1 heterocycles. The van der Waals surface area contributed by atoms with E-state index in [1.165, 1.54) is 0 Å². The Bertz CT molecular complexity index is 1050. The minimum atomic E-state index is -0.0909. The van der Waals surface area contributed by atoms with Gasteiger partial charge in [-0.2, -0.15) is 0 Å². The molecule has 0 radical (unpaired) electrons. The molecule has 3 heteroatoms. The zero-order valence-electron chi connectivity index (χ0n) is 15.6. The summed E-state index contributed by atoms with van der Waals surface area (Å²) in [6.45, 7) is 2.34. The third-order valence-electron chi connectivity index (χ3n) is 4.50. The van der Waals surface area contributed by atoms with Gasteiger partial charge in [0.2, 0.25) is 5.78 Å². The number of Topliss-reactive ketones (excluding diaryl/α,β-unsaturated/α-hetero) is 1. The van der Waals surface area contributed by atoms with E-state index in [1.807, 2.05) is 85.8 Å². The van der Waals surface area contributed by atoms with E-state index in [-0.39, 0.29) is 5.78 Å². The van der Waals surface area contributed by atoms with Crippen molar-refractivity contribution in [3.8, 4) is 11.5 Å². The SMILES string of the molecule is Cc1cc(OC/C=C/c2ccccc2)cc2c1C(=O)/C(=C/c1ccccc1)O2. The molecule has 0 saturated heterocycles. The molecule has 0 amide bonds. The number of hydrogen-bond acceptors (Lipinski definition) is 3. The van der Waals surface area contributed by atoms with Gasteiger partial charge in [-0.15, -0.1) is 0 Å². The third kappa shape index (κ3) is 3.89. The lowest BCUT2D eigenvalue weighted by molar-refractivity contribution is 0.101. The summed E-state index contributed by atoms with van der Waals surface area (Å²) in [5.41, 5.74) is 3.51. The van der Waals surface area contributed by atoms with Gasteiger partial charge in [0.05, 0.1) is 5.56 Å². The van der Waals surface area contributed by atoms with Gasteiger partial charge in [0.15, 0.2) is 5.76 Å². The highest BCUT2D eigenvalue weighted by molar-refractivity contribution is 6.15. The van der Waals surface area contributed by atoms with Crippen LogP contribution in [0.1, 0.15) is 27.0 Å². The summed E-state index contributed by atoms with van der Waals surface area (Å²) in [4.78, 5) is 12.7. The molecular formula is C25H20O3. The van der Waals surface area contributed by atoms with E-state index in [1.54, 1.807) is 12.1 Å². The van der Waals surface area contributed by atoms with Crippen LogP contribution in [0.4, 0.5) is 0 Å². The molecule has 4 rings (SSSR count). The highest BCUT2D eigenvalue weighted by Gasteiger charge is 2.29. The standard InChI is InChI=1S/C25H20O3/c1-18-15-21(27-14-8-13-19-9-4-2-5-10-19)17-22-24(18)25(26)23(28-22)16-20-11-6-3-7-12-20/h2-13,15-17H,14H2,1H3/b13-8+,23-16-. The van der Waals surface area contributed by atoms with Crippen LogP contribution in [0, 0.1) is 6.92 Å². The molecule has 0 N–H and O–H groups in total. The average molecular weight is 368 g/mol. The Hall–Kier alpha value is -3.59. The Kier molecular flexibility index (Phi) is 5.07. The Balaban J connectivity index is 1.49. The topological polar surface area (TPSA) is 35.5 Å². The number of hydrogen-bond donors (Lipinski definition) is 0. The molecule has 0 fully saturated rings. The molecule has 0 atom stereocenters. The lowest BCUT2D eigenvalue weighted by Gasteiger charge is -2.07. The number of fused-ring (bicyclic) bond motifs is 1. The maximum absolute atomic E-state index is 12.7. The largest absolute Gasteiger partial charge is 0.489 e. The third-order valence-corrected chi connectivity index (χ3v) is 4.50. The van der Waals surface area contributed by atoms with Crippen LogP contribution in [0.2, 0.25) is 0 Å². The molecule has 138 valence electrons. The summed E-state index contributed by atoms with van der Waals surface area (Å²) in [6.07, 6.45) is 5.75. The predicted octanol–water partition coefficient (Wildman–Crippen LogP) is 5.70. The Morgan fingerprint density at radius 3 is 2.32 bits per heavy atom. The van der Waals surface area contributed by atoms with Crippen molar-refractivity contribution in [1.29, 1.82) is 0 Å². The van der Waals surface area contributed by atoms with Crippen LogP contribution in [-0.2, 0) is 0 Å². The highest BCUT2D eigenvalue weighted by atomic mass is 16.5. The Morgan fingerprint density at radius 2 is 1.61 bits per heavy atom. The van der Waals surface area contributed by atoms with Gasteiger partial charge in [0, 0.05) is 6.07 Å². The van der Waals surface area contributed by atoms with E-state index in [2.05, 4.69) is 0 Å². The first-order chi connectivity index (χ1) is 13.7. The average Bonchev–Trinajstić information content (AvgIpc) is 3.02. The second-order valence-electron chi connectivity index (χ2n) is 6.59. The van der Waals surface area contributed by atoms with Crippen molar-refractivity contribution in [2.45, 2.75) is 6.92 Å². The van der Waals surface area contributed by atoms with Gasteiger partial charge in [-0.1, -0.05) is 66.7 Å². The van der Waals surface area contributed by atoms with E-state index in [4.69, 9.17) is 9.47 Å². The summed E-state index contributed by atoms with van der Waals surface area (Å²) in [5, 5.41) is 0. The lowest BCUT2D eigenvalue weighted by atomic mass is 10.0. The van der Waals surface area contributed by atoms with Crippen LogP contribution in [0.3, 0.4) is 0 Å². The lowest BCUT2D eigenvalue weighted by Crippen LogP contribution is -2.00. The minimum Gasteiger partial charge on any atom is -0.489 e. The maximum atomic E-state index is 12.7. The van der Waals surface area contributed by atoms with Crippen molar-refractivity contribution in [2.75, 3.05) is 6.61 Å². The molecule has 0 spiro atoms. The number of rotatable bonds is 5. The predicted molar refractivity (Wildman–Crippen MR) is 112 cm³/mol. The molecule has 3 nitrogen and oxygen atoms in total. The van der Waals surface area contributed by atoms with Crippen LogP contribution >= 0.6 is 0 Å². The van der Waals surface area contributed by atoms with Crippen LogP contribution in [-0.4, -0.2) is 12.4 Å². The second kappa shape index (κ2) is 7.97. The number of ketones is 1. The van der Waals surface area contributed by atoms with E-state index < -0.39 is 0 Å². The number of carbonyl (C=O) groups is 1. The van der Waals surface area contributed by atoms with Crippen molar-refractivity contribution in [1.82, 2.24) is 0 Å². The molecule has 3 aromatic carbocycles. The monoisotopic (exact) mass is 368 g/mol. The summed E-state index contributed by atoms with van der Waals surface area (Å²) in [6, 6.07) is 23.4. The highest BCUT2D eigenvalue weighted by Crippen LogP contribution is 2.37. The number of benzene rings is 3. The summed E-state index contributed by atoms with van der Waals surface area (Å²) < 4.78 is 11.7. The van der Waals surface area contributed by atoms with Gasteiger partial charge < -0.3 is 9.47 Å². The number of carbonyl (C=O) groups excluding carboxylic acids is 1. The summed E-state index contributed by atoms with van der Waals surface area (Å²) in [7, 11) is 0. The van der Waals surface area contributed by atoms with Gasteiger partial charge in [-0.05, 0) is 41.8 Å². The van der Waals surface area contributed by atoms with Crippen molar-refractivity contribution in [3.63, 3.8) is 0 Å². The van der Waals surface area contributed by atoms with Gasteiger partial charge >= 0.3 is 0 Å². The smallest absolute Gasteiger partial charge is 0.232 e. The zero-order chi connectivity index (χ0) is 19.3. The second-order valence-corrected chi connectivity index (χ2v) is 6.59. The van der Waals surface area contributed by atoms with Gasteiger partial charge in [-0.25, -0.2) is 0 Å². The molecule has 1 aliphatic rings. The first-order valence-corrected chi connectivity index (χ1v) is 9.19. The van der Waals surface area contributed by atoms with Crippen LogP contribution in [0.15, 0.2) is 84.6 Å². The van der Waals surface area contributed by atoms with Gasteiger partial charge in [0.1, 0.15) is 18.1 Å². The molecule has 0 aliphatic carbocycles. The van der Waals surface area contributed by atoms with Crippen LogP contribution in [0.25, 0.3) is 12.2 Å². The molecule has 28 heavy (non-hydrogen) atoms. The molecule has 0 bridgehead atoms. The summed E-state index contributed by atoms with van der Waals surface area (Å²) >= 11 is 0. The number of ether oxygens (including phenoxy) is 2. The van der Waals surface area contributed by atoms with E-state index >= 15 is 0 Å². The normalized spacial score (nSPS) is 14.3. The Labute approximate surface area is 164 Å². The molecule has 0 aromatic heterocycles. The van der Waals surface area contributed by atoms with Crippen molar-refractivity contribution >= 4 is 17.9 Å². The zero-order valence-corrected chi connectivity index (χ0v) is 15.6. The molecular weight excluding hydrogens is 348 g/mol. The van der Waals surface area contributed by atoms with Crippen LogP contribution in [0.5, 0.6) is 11.5 Å². The van der Waals surface area contributed by atoms with Crippen molar-refractivity contribution in [3.05, 3.63) is 107 Å². The summed E-state index contributed by atoms with van der Waals surface area (Å²) in [5.74, 6) is 1.48. The Morgan fingerprint density at radius 1 is 0.929 bits per heavy atom. The molecule has 3 aromatic rings. The van der Waals surface area contributed by atoms with Crippen molar-refractivity contribution < 1.29 is 14.3 Å². The molecule has 0 unspecified atom stereocenters. The van der Waals surface area contributed by atoms with E-state index in [9.17, 15) is 4.79 Å². The van der Waals surface area contributed by atoms with E-state index in [0.717, 1.165) is 16.7 Å². The van der Waals surface area contributed by atoms with Crippen LogP contribution < -0.4 is 9.47 Å². The molecule has 1 aliphatic heterocycles. The fraction of sp³-hybridized carbons (Fsp3) is 0.0800. The number of allylic oxidation sites excluding steroid dienone is 1. The maximum Gasteiger partial charge on any atom is 0.232 e. The quantitative estimate of drug-likeness (QED) is 0.542. The van der Waals surface area contributed by atoms with Gasteiger partial charge in [0.25, 0.3) is 0 Å².